The molecule has 0 aliphatic carbocycles. The molecule has 6 rings (SSSR count). The number of ether oxygens (including phenoxy) is 4. The standard InChI is InChI=1S/C43H52N4O9/c1-26-11-10-14-30(48)13-7-5-6-12-27-21-34(49)40(41(51)39(27)43(52)56-26)31(28-22-35(53-2)42(55-4)36(23-28)54-3)24-38(50)44-29-17-19-47(20-18-29)25-37-45-32-15-8-9-16-33(32)46-37/h6,8-9,12,15-16,21-23,26,29,31,49,51H,5,7,10-11,13-14,17-20,24-25H2,1-4H3,(H,44,50)(H,45,46)/b12-6+/t26-,31?/m0/s1. The van der Waals surface area contributed by atoms with E-state index in [0.29, 0.717) is 67.9 Å². The Bertz CT molecular complexity index is 2010. The lowest BCUT2D eigenvalue weighted by Gasteiger charge is -2.32. The third-order valence-electron chi connectivity index (χ3n) is 10.6. The predicted octanol–water partition coefficient (Wildman–Crippen LogP) is 6.78. The molecule has 298 valence electrons. The van der Waals surface area contributed by atoms with Gasteiger partial charge in [0.2, 0.25) is 11.7 Å². The van der Waals surface area contributed by atoms with E-state index in [0.717, 1.165) is 42.8 Å². The van der Waals surface area contributed by atoms with Gasteiger partial charge in [0, 0.05) is 49.9 Å². The van der Waals surface area contributed by atoms with E-state index in [1.54, 1.807) is 31.2 Å². The lowest BCUT2D eigenvalue weighted by Crippen LogP contribution is -2.44. The summed E-state index contributed by atoms with van der Waals surface area (Å²) in [5.74, 6) is -0.818. The van der Waals surface area contributed by atoms with Gasteiger partial charge < -0.3 is 39.5 Å². The van der Waals surface area contributed by atoms with Crippen LogP contribution in [0.4, 0.5) is 0 Å². The van der Waals surface area contributed by atoms with Crippen molar-refractivity contribution in [3.05, 3.63) is 76.6 Å². The van der Waals surface area contributed by atoms with Crippen molar-refractivity contribution in [2.24, 2.45) is 0 Å². The zero-order chi connectivity index (χ0) is 39.8. The Balaban J connectivity index is 1.29. The van der Waals surface area contributed by atoms with E-state index in [1.807, 2.05) is 24.3 Å². The van der Waals surface area contributed by atoms with Gasteiger partial charge in [-0.15, -0.1) is 0 Å². The number of nitrogens with zero attached hydrogens (tertiary/aromatic N) is 2. The molecule has 13 heteroatoms. The molecule has 56 heavy (non-hydrogen) atoms. The van der Waals surface area contributed by atoms with Gasteiger partial charge in [-0.25, -0.2) is 9.78 Å². The van der Waals surface area contributed by atoms with E-state index in [4.69, 9.17) is 23.9 Å². The van der Waals surface area contributed by atoms with Crippen LogP contribution in [0.1, 0.15) is 104 Å². The molecule has 2 atom stereocenters. The summed E-state index contributed by atoms with van der Waals surface area (Å²) in [5.41, 5.74) is 2.52. The zero-order valence-electron chi connectivity index (χ0n) is 32.6. The fourth-order valence-electron chi connectivity index (χ4n) is 7.71. The van der Waals surface area contributed by atoms with Crippen molar-refractivity contribution in [1.29, 1.82) is 0 Å². The lowest BCUT2D eigenvalue weighted by atomic mass is 9.84. The van der Waals surface area contributed by atoms with Crippen LogP contribution in [-0.2, 0) is 20.9 Å². The van der Waals surface area contributed by atoms with E-state index in [9.17, 15) is 24.6 Å². The average molecular weight is 769 g/mol. The van der Waals surface area contributed by atoms with Crippen LogP contribution in [0, 0.1) is 0 Å². The minimum Gasteiger partial charge on any atom is -0.507 e. The average Bonchev–Trinajstić information content (AvgIpc) is 3.59. The molecule has 1 unspecified atom stereocenters. The van der Waals surface area contributed by atoms with Gasteiger partial charge in [0.25, 0.3) is 0 Å². The number of cyclic esters (lactones) is 1. The van der Waals surface area contributed by atoms with Crippen LogP contribution >= 0.6 is 0 Å². The van der Waals surface area contributed by atoms with Crippen LogP contribution < -0.4 is 19.5 Å². The predicted molar refractivity (Wildman–Crippen MR) is 211 cm³/mol. The first-order chi connectivity index (χ1) is 27.1. The van der Waals surface area contributed by atoms with Crippen molar-refractivity contribution >= 4 is 34.8 Å². The van der Waals surface area contributed by atoms with Gasteiger partial charge >= 0.3 is 5.97 Å². The number of amides is 1. The summed E-state index contributed by atoms with van der Waals surface area (Å²) in [4.78, 5) is 50.5. The Morgan fingerprint density at radius 1 is 1.00 bits per heavy atom. The lowest BCUT2D eigenvalue weighted by molar-refractivity contribution is -0.122. The number of carbonyl (C=O) groups is 3. The number of nitrogens with one attached hydrogen (secondary N) is 2. The van der Waals surface area contributed by atoms with Crippen molar-refractivity contribution in [1.82, 2.24) is 20.2 Å². The molecule has 0 radical (unpaired) electrons. The second-order valence-corrected chi connectivity index (χ2v) is 14.6. The smallest absolute Gasteiger partial charge is 0.342 e. The van der Waals surface area contributed by atoms with E-state index in [-0.39, 0.29) is 46.6 Å². The highest BCUT2D eigenvalue weighted by molar-refractivity contribution is 5.98. The van der Waals surface area contributed by atoms with Crippen LogP contribution in [0.2, 0.25) is 0 Å². The molecule has 2 aliphatic rings. The molecule has 2 aliphatic heterocycles. The number of fused-ring (bicyclic) bond motifs is 2. The first-order valence-electron chi connectivity index (χ1n) is 19.3. The number of allylic oxidation sites excluding steroid dienone is 1. The SMILES string of the molecule is COc1cc(C(CC(=O)NC2CCN(Cc3nc4ccccc4[nH]3)CC2)c2c(O)cc3c(c2O)C(=O)O[C@@H](C)CCCC(=O)CCC/C=C/3)cc(OC)c1OC. The Labute approximate surface area is 327 Å². The number of phenolic OH excluding ortho intramolecular Hbond substituents is 2. The maximum Gasteiger partial charge on any atom is 0.342 e. The molecule has 13 nitrogen and oxygen atoms in total. The Kier molecular flexibility index (Phi) is 13.2. The van der Waals surface area contributed by atoms with Gasteiger partial charge in [0.15, 0.2) is 11.5 Å². The number of piperidine rings is 1. The van der Waals surface area contributed by atoms with Crippen LogP contribution in [-0.4, -0.2) is 89.3 Å². The van der Waals surface area contributed by atoms with Crippen molar-refractivity contribution in [3.8, 4) is 28.7 Å². The molecule has 4 aromatic rings. The van der Waals surface area contributed by atoms with Gasteiger partial charge in [0.05, 0.1) is 45.0 Å². The second kappa shape index (κ2) is 18.4. The van der Waals surface area contributed by atoms with Crippen molar-refractivity contribution < 1.29 is 43.5 Å². The van der Waals surface area contributed by atoms with Crippen molar-refractivity contribution in [2.45, 2.75) is 89.3 Å². The number of methoxy groups -OCH3 is 3. The van der Waals surface area contributed by atoms with Gasteiger partial charge in [-0.3, -0.25) is 14.5 Å². The summed E-state index contributed by atoms with van der Waals surface area (Å²) < 4.78 is 22.6. The first kappa shape index (κ1) is 40.1. The Morgan fingerprint density at radius 3 is 2.41 bits per heavy atom. The third kappa shape index (κ3) is 9.44. The number of benzene rings is 3. The number of Topliss-reactive ketones (excluding diaryl/α,β-unsaturated/α-hetero) is 1. The van der Waals surface area contributed by atoms with E-state index in [1.165, 1.54) is 27.4 Å². The number of ketones is 1. The summed E-state index contributed by atoms with van der Waals surface area (Å²) in [7, 11) is 4.43. The minimum atomic E-state index is -0.963. The minimum absolute atomic E-state index is 0.0152. The Hall–Kier alpha value is -5.56. The molecular weight excluding hydrogens is 716 g/mol. The summed E-state index contributed by atoms with van der Waals surface area (Å²) in [6, 6.07) is 12.6. The number of esters is 1. The maximum atomic E-state index is 14.0. The molecule has 1 aromatic heterocycles. The molecule has 4 N–H and O–H groups in total. The number of aromatic nitrogens is 2. The molecule has 1 amide bonds. The van der Waals surface area contributed by atoms with Crippen LogP contribution in [0.5, 0.6) is 28.7 Å². The molecule has 1 saturated heterocycles. The van der Waals surface area contributed by atoms with E-state index < -0.39 is 23.7 Å². The number of imidazole rings is 1. The molecule has 1 fully saturated rings. The summed E-state index contributed by atoms with van der Waals surface area (Å²) in [5, 5.41) is 26.9. The highest BCUT2D eigenvalue weighted by Gasteiger charge is 2.33. The van der Waals surface area contributed by atoms with Crippen LogP contribution in [0.15, 0.2) is 48.5 Å². The molecule has 0 spiro atoms. The highest BCUT2D eigenvalue weighted by atomic mass is 16.5. The summed E-state index contributed by atoms with van der Waals surface area (Å²) in [6.45, 7) is 3.93. The maximum absolute atomic E-state index is 14.0. The van der Waals surface area contributed by atoms with E-state index >= 15 is 0 Å². The fraction of sp³-hybridized carbons (Fsp3) is 0.442. The van der Waals surface area contributed by atoms with E-state index in [2.05, 4.69) is 15.2 Å². The largest absolute Gasteiger partial charge is 0.507 e. The molecule has 3 heterocycles. The number of aromatic amines is 1. The van der Waals surface area contributed by atoms with Gasteiger partial charge in [-0.1, -0.05) is 24.3 Å². The molecule has 0 bridgehead atoms. The number of hydrogen-bond acceptors (Lipinski definition) is 11. The quantitative estimate of drug-likeness (QED) is 0.125. The van der Waals surface area contributed by atoms with Gasteiger partial charge in [-0.05, 0) is 86.9 Å². The summed E-state index contributed by atoms with van der Waals surface area (Å²) in [6.07, 6.45) is 7.27. The fourth-order valence-corrected chi connectivity index (χ4v) is 7.71. The molecule has 0 saturated carbocycles. The molecular formula is C43H52N4O9. The number of H-pyrrole nitrogens is 1. The normalized spacial score (nSPS) is 18.7. The number of phenols is 2. The molecule has 3 aromatic carbocycles. The number of hydrogen-bond donors (Lipinski definition) is 4. The van der Waals surface area contributed by atoms with Crippen molar-refractivity contribution in [3.63, 3.8) is 0 Å². The van der Waals surface area contributed by atoms with Gasteiger partial charge in [-0.2, -0.15) is 0 Å². The number of para-hydroxylation sites is 2. The van der Waals surface area contributed by atoms with Crippen LogP contribution in [0.25, 0.3) is 17.1 Å². The van der Waals surface area contributed by atoms with Crippen LogP contribution in [0.3, 0.4) is 0 Å². The first-order valence-corrected chi connectivity index (χ1v) is 19.3. The summed E-state index contributed by atoms with van der Waals surface area (Å²) >= 11 is 0. The van der Waals surface area contributed by atoms with Crippen molar-refractivity contribution in [2.75, 3.05) is 34.4 Å². The number of likely N-dealkylation sites (tertiary alicyclic amines) is 1. The highest BCUT2D eigenvalue weighted by Crippen LogP contribution is 2.48. The number of aromatic hydroxyl groups is 2. The third-order valence-corrected chi connectivity index (χ3v) is 10.6. The number of carbonyl (C=O) groups excluding carboxylic acids is 3. The monoisotopic (exact) mass is 768 g/mol. The Morgan fingerprint density at radius 2 is 1.71 bits per heavy atom. The van der Waals surface area contributed by atoms with Gasteiger partial charge in [0.1, 0.15) is 28.7 Å². The number of rotatable bonds is 10. The second-order valence-electron chi connectivity index (χ2n) is 14.6. The topological polar surface area (TPSA) is 173 Å². The zero-order valence-corrected chi connectivity index (χ0v) is 32.6.